The van der Waals surface area contributed by atoms with E-state index >= 15 is 0 Å². The lowest BCUT2D eigenvalue weighted by Gasteiger charge is -2.26. The molecule has 0 aliphatic carbocycles. The summed E-state index contributed by atoms with van der Waals surface area (Å²) in [7, 11) is 0. The molecular formula is C13H17N5O3. The first-order chi connectivity index (χ1) is 10.2. The minimum Gasteiger partial charge on any atom is -0.379 e. The second-order valence-corrected chi connectivity index (χ2v) is 4.69. The van der Waals surface area contributed by atoms with Gasteiger partial charge >= 0.3 is 0 Å². The van der Waals surface area contributed by atoms with Crippen LogP contribution in [-0.2, 0) is 4.74 Å². The van der Waals surface area contributed by atoms with Crippen LogP contribution in [0.4, 0.5) is 11.5 Å². The first kappa shape index (κ1) is 15.2. The fraction of sp³-hybridized carbons (Fsp3) is 0.538. The monoisotopic (exact) mass is 291 g/mol. The number of pyridine rings is 1. The maximum atomic E-state index is 10.6. The first-order valence-electron chi connectivity index (χ1n) is 6.79. The molecule has 0 atom stereocenters. The number of ether oxygens (including phenoxy) is 1. The molecule has 1 aliphatic heterocycles. The van der Waals surface area contributed by atoms with E-state index in [-0.39, 0.29) is 11.3 Å². The Hall–Kier alpha value is -2.24. The summed E-state index contributed by atoms with van der Waals surface area (Å²) in [6.45, 7) is 5.05. The van der Waals surface area contributed by atoms with Crippen molar-refractivity contribution in [2.24, 2.45) is 0 Å². The largest absolute Gasteiger partial charge is 0.379 e. The van der Waals surface area contributed by atoms with Crippen LogP contribution < -0.4 is 5.32 Å². The van der Waals surface area contributed by atoms with Crippen LogP contribution in [0.1, 0.15) is 12.0 Å². The van der Waals surface area contributed by atoms with Crippen molar-refractivity contribution in [3.8, 4) is 6.07 Å². The van der Waals surface area contributed by atoms with Crippen molar-refractivity contribution in [2.75, 3.05) is 44.7 Å². The lowest BCUT2D eigenvalue weighted by atomic mass is 10.2. The standard InChI is InChI=1S/C13H17N5O3/c14-9-11-8-12(18(19)20)10-16-13(11)15-2-1-3-17-4-6-21-7-5-17/h8,10H,1-7H2,(H,15,16). The van der Waals surface area contributed by atoms with Gasteiger partial charge in [-0.3, -0.25) is 15.0 Å². The van der Waals surface area contributed by atoms with E-state index in [2.05, 4.69) is 15.2 Å². The zero-order chi connectivity index (χ0) is 15.1. The van der Waals surface area contributed by atoms with Crippen molar-refractivity contribution in [2.45, 2.75) is 6.42 Å². The van der Waals surface area contributed by atoms with Gasteiger partial charge in [0.25, 0.3) is 5.69 Å². The van der Waals surface area contributed by atoms with Gasteiger partial charge in [-0.1, -0.05) is 0 Å². The quantitative estimate of drug-likeness (QED) is 0.473. The summed E-state index contributed by atoms with van der Waals surface area (Å²) in [5, 5.41) is 22.7. The second-order valence-electron chi connectivity index (χ2n) is 4.69. The topological polar surface area (TPSA) is 104 Å². The van der Waals surface area contributed by atoms with Crippen molar-refractivity contribution >= 4 is 11.5 Å². The third-order valence-electron chi connectivity index (χ3n) is 3.25. The van der Waals surface area contributed by atoms with Gasteiger partial charge in [0.1, 0.15) is 23.6 Å². The lowest BCUT2D eigenvalue weighted by molar-refractivity contribution is -0.385. The highest BCUT2D eigenvalue weighted by Gasteiger charge is 2.12. The van der Waals surface area contributed by atoms with Crippen LogP contribution in [-0.4, -0.2) is 54.2 Å². The van der Waals surface area contributed by atoms with Crippen molar-refractivity contribution in [3.05, 3.63) is 27.9 Å². The van der Waals surface area contributed by atoms with Crippen LogP contribution >= 0.6 is 0 Å². The minimum atomic E-state index is -0.559. The molecule has 1 N–H and O–H groups in total. The average Bonchev–Trinajstić information content (AvgIpc) is 2.52. The predicted octanol–water partition coefficient (Wildman–Crippen LogP) is 0.996. The Balaban J connectivity index is 1.82. The maximum absolute atomic E-state index is 10.6. The van der Waals surface area contributed by atoms with Crippen LogP contribution in [0, 0.1) is 21.4 Å². The number of anilines is 1. The van der Waals surface area contributed by atoms with Gasteiger partial charge in [0.15, 0.2) is 0 Å². The Morgan fingerprint density at radius 2 is 2.29 bits per heavy atom. The molecule has 8 nitrogen and oxygen atoms in total. The Labute approximate surface area is 122 Å². The number of nitriles is 1. The molecule has 0 bridgehead atoms. The summed E-state index contributed by atoms with van der Waals surface area (Å²) in [5.41, 5.74) is 0.0148. The number of nitrogens with zero attached hydrogens (tertiary/aromatic N) is 4. The van der Waals surface area contributed by atoms with E-state index in [1.807, 2.05) is 6.07 Å². The molecule has 0 saturated carbocycles. The number of nitro groups is 1. The third kappa shape index (κ3) is 4.37. The average molecular weight is 291 g/mol. The third-order valence-corrected chi connectivity index (χ3v) is 3.25. The molecule has 0 amide bonds. The Morgan fingerprint density at radius 3 is 2.95 bits per heavy atom. The molecule has 2 rings (SSSR count). The van der Waals surface area contributed by atoms with Gasteiger partial charge in [-0.15, -0.1) is 0 Å². The fourth-order valence-corrected chi connectivity index (χ4v) is 2.11. The Morgan fingerprint density at radius 1 is 1.52 bits per heavy atom. The van der Waals surface area contributed by atoms with Crippen LogP contribution in [0.3, 0.4) is 0 Å². The highest BCUT2D eigenvalue weighted by Crippen LogP contribution is 2.18. The van der Waals surface area contributed by atoms with Crippen molar-refractivity contribution in [1.82, 2.24) is 9.88 Å². The van der Waals surface area contributed by atoms with E-state index < -0.39 is 4.92 Å². The maximum Gasteiger partial charge on any atom is 0.289 e. The van der Waals surface area contributed by atoms with Crippen LogP contribution in [0.5, 0.6) is 0 Å². The van der Waals surface area contributed by atoms with Gasteiger partial charge < -0.3 is 10.1 Å². The minimum absolute atomic E-state index is 0.176. The molecule has 1 aliphatic rings. The van der Waals surface area contributed by atoms with Crippen molar-refractivity contribution < 1.29 is 9.66 Å². The van der Waals surface area contributed by atoms with Gasteiger partial charge in [0.2, 0.25) is 0 Å². The van der Waals surface area contributed by atoms with Gasteiger partial charge in [0, 0.05) is 25.7 Å². The van der Waals surface area contributed by atoms with Crippen molar-refractivity contribution in [3.63, 3.8) is 0 Å². The van der Waals surface area contributed by atoms with Gasteiger partial charge in [-0.25, -0.2) is 4.98 Å². The summed E-state index contributed by atoms with van der Waals surface area (Å²) in [6.07, 6.45) is 2.06. The summed E-state index contributed by atoms with van der Waals surface area (Å²) < 4.78 is 5.28. The van der Waals surface area contributed by atoms with Gasteiger partial charge in [-0.05, 0) is 13.0 Å². The number of rotatable bonds is 6. The van der Waals surface area contributed by atoms with Crippen LogP contribution in [0.25, 0.3) is 0 Å². The number of morpholine rings is 1. The number of nitrogens with one attached hydrogen (secondary N) is 1. The molecule has 0 spiro atoms. The fourth-order valence-electron chi connectivity index (χ4n) is 2.11. The Bertz CT molecular complexity index is 537. The summed E-state index contributed by atoms with van der Waals surface area (Å²) >= 11 is 0. The van der Waals surface area contributed by atoms with E-state index in [0.717, 1.165) is 45.5 Å². The van der Waals surface area contributed by atoms with Crippen LogP contribution in [0.2, 0.25) is 0 Å². The molecule has 1 aromatic heterocycles. The second kappa shape index (κ2) is 7.52. The zero-order valence-electron chi connectivity index (χ0n) is 11.6. The van der Waals surface area contributed by atoms with Gasteiger partial charge in [-0.2, -0.15) is 5.26 Å². The molecule has 0 aromatic carbocycles. The SMILES string of the molecule is N#Cc1cc([N+](=O)[O-])cnc1NCCCN1CCOCC1. The number of aromatic nitrogens is 1. The normalized spacial score (nSPS) is 15.4. The lowest BCUT2D eigenvalue weighted by Crippen LogP contribution is -2.37. The van der Waals surface area contributed by atoms with E-state index in [4.69, 9.17) is 10.00 Å². The summed E-state index contributed by atoms with van der Waals surface area (Å²) in [5.74, 6) is 0.394. The van der Waals surface area contributed by atoms with E-state index in [1.54, 1.807) is 0 Å². The molecule has 0 radical (unpaired) electrons. The highest BCUT2D eigenvalue weighted by molar-refractivity contribution is 5.55. The molecule has 112 valence electrons. The molecular weight excluding hydrogens is 274 g/mol. The van der Waals surface area contributed by atoms with E-state index in [0.29, 0.717) is 12.4 Å². The molecule has 1 saturated heterocycles. The smallest absolute Gasteiger partial charge is 0.289 e. The molecule has 21 heavy (non-hydrogen) atoms. The predicted molar refractivity (Wildman–Crippen MR) is 76.0 cm³/mol. The first-order valence-corrected chi connectivity index (χ1v) is 6.79. The van der Waals surface area contributed by atoms with Crippen LogP contribution in [0.15, 0.2) is 12.3 Å². The molecule has 0 unspecified atom stereocenters. The molecule has 1 aromatic rings. The van der Waals surface area contributed by atoms with E-state index in [1.165, 1.54) is 6.07 Å². The highest BCUT2D eigenvalue weighted by atomic mass is 16.6. The number of hydrogen-bond acceptors (Lipinski definition) is 7. The zero-order valence-corrected chi connectivity index (χ0v) is 11.6. The summed E-state index contributed by atoms with van der Waals surface area (Å²) in [6, 6.07) is 3.16. The summed E-state index contributed by atoms with van der Waals surface area (Å²) in [4.78, 5) is 16.3. The Kier molecular flexibility index (Phi) is 5.43. The van der Waals surface area contributed by atoms with Gasteiger partial charge in [0.05, 0.1) is 18.1 Å². The molecule has 8 heteroatoms. The molecule has 1 fully saturated rings. The molecule has 2 heterocycles. The van der Waals surface area contributed by atoms with Crippen molar-refractivity contribution in [1.29, 1.82) is 5.26 Å². The number of hydrogen-bond donors (Lipinski definition) is 1. The van der Waals surface area contributed by atoms with E-state index in [9.17, 15) is 10.1 Å².